The van der Waals surface area contributed by atoms with Crippen LogP contribution in [0.1, 0.15) is 28.8 Å². The SMILES string of the molecule is CCN1CCN(c2ccc(NC(=O)COC(=O)c3cc(C)oc3C)cc2)CC1. The van der Waals surface area contributed by atoms with Crippen molar-refractivity contribution in [1.29, 1.82) is 0 Å². The van der Waals surface area contributed by atoms with Gasteiger partial charge in [-0.3, -0.25) is 4.79 Å². The molecule has 2 aromatic rings. The molecule has 1 amide bonds. The van der Waals surface area contributed by atoms with E-state index in [2.05, 4.69) is 22.0 Å². The highest BCUT2D eigenvalue weighted by atomic mass is 16.5. The van der Waals surface area contributed by atoms with Crippen molar-refractivity contribution in [2.75, 3.05) is 49.5 Å². The van der Waals surface area contributed by atoms with Crippen molar-refractivity contribution in [1.82, 2.24) is 4.90 Å². The van der Waals surface area contributed by atoms with Gasteiger partial charge in [-0.1, -0.05) is 6.92 Å². The smallest absolute Gasteiger partial charge is 0.342 e. The van der Waals surface area contributed by atoms with Crippen LogP contribution in [0, 0.1) is 13.8 Å². The van der Waals surface area contributed by atoms with Gasteiger partial charge in [0.25, 0.3) is 5.91 Å². The first kappa shape index (κ1) is 19.9. The van der Waals surface area contributed by atoms with Crippen LogP contribution in [0.15, 0.2) is 34.7 Å². The lowest BCUT2D eigenvalue weighted by Crippen LogP contribution is -2.46. The average molecular weight is 385 g/mol. The molecule has 0 bridgehead atoms. The summed E-state index contributed by atoms with van der Waals surface area (Å²) in [6.45, 7) is 10.5. The van der Waals surface area contributed by atoms with Gasteiger partial charge in [-0.15, -0.1) is 0 Å². The van der Waals surface area contributed by atoms with Gasteiger partial charge in [0.2, 0.25) is 0 Å². The van der Waals surface area contributed by atoms with Gasteiger partial charge in [-0.25, -0.2) is 4.79 Å². The molecule has 150 valence electrons. The topological polar surface area (TPSA) is 75.0 Å². The summed E-state index contributed by atoms with van der Waals surface area (Å²) < 4.78 is 10.4. The number of amides is 1. The fraction of sp³-hybridized carbons (Fsp3) is 0.429. The molecule has 7 nitrogen and oxygen atoms in total. The molecule has 1 aromatic heterocycles. The van der Waals surface area contributed by atoms with Crippen molar-refractivity contribution in [2.24, 2.45) is 0 Å². The molecular formula is C21H27N3O4. The van der Waals surface area contributed by atoms with E-state index < -0.39 is 5.97 Å². The van der Waals surface area contributed by atoms with Crippen LogP contribution < -0.4 is 10.2 Å². The predicted molar refractivity (Wildman–Crippen MR) is 108 cm³/mol. The standard InChI is InChI=1S/C21H27N3O4/c1-4-23-9-11-24(12-10-23)18-7-5-17(6-8-18)22-20(25)14-27-21(26)19-13-15(2)28-16(19)3/h5-8,13H,4,9-12,14H2,1-3H3,(H,22,25). The number of rotatable bonds is 6. The van der Waals surface area contributed by atoms with Gasteiger partial charge in [0, 0.05) is 37.6 Å². The van der Waals surface area contributed by atoms with Crippen molar-refractivity contribution < 1.29 is 18.7 Å². The maximum Gasteiger partial charge on any atom is 0.342 e. The molecule has 1 aliphatic rings. The summed E-state index contributed by atoms with van der Waals surface area (Å²) in [6, 6.07) is 9.34. The Bertz CT molecular complexity index is 821. The molecular weight excluding hydrogens is 358 g/mol. The maximum absolute atomic E-state index is 12.1. The zero-order valence-electron chi connectivity index (χ0n) is 16.7. The molecule has 1 saturated heterocycles. The van der Waals surface area contributed by atoms with Crippen LogP contribution in [0.5, 0.6) is 0 Å². The minimum Gasteiger partial charge on any atom is -0.466 e. The fourth-order valence-electron chi connectivity index (χ4n) is 3.32. The zero-order valence-corrected chi connectivity index (χ0v) is 16.7. The number of likely N-dealkylation sites (N-methyl/N-ethyl adjacent to an activating group) is 1. The van der Waals surface area contributed by atoms with Crippen LogP contribution in [0.25, 0.3) is 0 Å². The van der Waals surface area contributed by atoms with Crippen LogP contribution >= 0.6 is 0 Å². The van der Waals surface area contributed by atoms with E-state index in [4.69, 9.17) is 9.15 Å². The summed E-state index contributed by atoms with van der Waals surface area (Å²) in [4.78, 5) is 28.9. The van der Waals surface area contributed by atoms with Crippen LogP contribution in [0.3, 0.4) is 0 Å². The Kier molecular flexibility index (Phi) is 6.36. The van der Waals surface area contributed by atoms with Gasteiger partial charge < -0.3 is 24.3 Å². The number of esters is 1. The number of nitrogens with one attached hydrogen (secondary N) is 1. The second-order valence-electron chi connectivity index (χ2n) is 6.92. The van der Waals surface area contributed by atoms with Crippen LogP contribution in [0.2, 0.25) is 0 Å². The lowest BCUT2D eigenvalue weighted by Gasteiger charge is -2.35. The number of hydrogen-bond acceptors (Lipinski definition) is 6. The molecule has 1 fully saturated rings. The lowest BCUT2D eigenvalue weighted by molar-refractivity contribution is -0.119. The Hall–Kier alpha value is -2.80. The van der Waals surface area contributed by atoms with E-state index in [0.717, 1.165) is 38.4 Å². The molecule has 0 unspecified atom stereocenters. The number of nitrogens with zero attached hydrogens (tertiary/aromatic N) is 2. The number of carbonyl (C=O) groups excluding carboxylic acids is 2. The minimum atomic E-state index is -0.564. The molecule has 3 rings (SSSR count). The first-order chi connectivity index (χ1) is 13.5. The van der Waals surface area contributed by atoms with Crippen molar-refractivity contribution in [3.05, 3.63) is 47.4 Å². The van der Waals surface area contributed by atoms with Gasteiger partial charge in [0.05, 0.1) is 0 Å². The number of furan rings is 1. The van der Waals surface area contributed by atoms with Gasteiger partial charge >= 0.3 is 5.97 Å². The van der Waals surface area contributed by atoms with E-state index in [1.54, 1.807) is 19.9 Å². The van der Waals surface area contributed by atoms with E-state index in [0.29, 0.717) is 22.8 Å². The van der Waals surface area contributed by atoms with Gasteiger partial charge in [-0.05, 0) is 50.7 Å². The first-order valence-electron chi connectivity index (χ1n) is 9.57. The molecule has 0 saturated carbocycles. The third-order valence-electron chi connectivity index (χ3n) is 4.93. The van der Waals surface area contributed by atoms with Crippen molar-refractivity contribution in [2.45, 2.75) is 20.8 Å². The third-order valence-corrected chi connectivity index (χ3v) is 4.93. The summed E-state index contributed by atoms with van der Waals surface area (Å²) in [5.74, 6) is 0.171. The Balaban J connectivity index is 1.48. The highest BCUT2D eigenvalue weighted by Crippen LogP contribution is 2.20. The Morgan fingerprint density at radius 1 is 1.11 bits per heavy atom. The quantitative estimate of drug-likeness (QED) is 0.771. The van der Waals surface area contributed by atoms with Crippen molar-refractivity contribution in [3.8, 4) is 0 Å². The van der Waals surface area contributed by atoms with E-state index in [1.165, 1.54) is 0 Å². The molecule has 28 heavy (non-hydrogen) atoms. The van der Waals surface area contributed by atoms with E-state index in [1.807, 2.05) is 24.3 Å². The number of aryl methyl sites for hydroxylation is 2. The minimum absolute atomic E-state index is 0.344. The maximum atomic E-state index is 12.1. The van der Waals surface area contributed by atoms with E-state index in [9.17, 15) is 9.59 Å². The molecule has 1 aliphatic heterocycles. The van der Waals surface area contributed by atoms with Gasteiger partial charge in [0.1, 0.15) is 17.1 Å². The number of carbonyl (C=O) groups is 2. The number of benzene rings is 1. The summed E-state index contributed by atoms with van der Waals surface area (Å²) in [5.41, 5.74) is 2.16. The Labute approximate surface area is 165 Å². The molecule has 0 atom stereocenters. The van der Waals surface area contributed by atoms with Crippen LogP contribution in [-0.4, -0.2) is 56.1 Å². The summed E-state index contributed by atoms with van der Waals surface area (Å²) >= 11 is 0. The number of anilines is 2. The Morgan fingerprint density at radius 3 is 2.36 bits per heavy atom. The number of piperazine rings is 1. The zero-order chi connectivity index (χ0) is 20.1. The summed E-state index contributed by atoms with van der Waals surface area (Å²) in [6.07, 6.45) is 0. The highest BCUT2D eigenvalue weighted by molar-refractivity contribution is 5.96. The molecule has 0 radical (unpaired) electrons. The van der Waals surface area contributed by atoms with Crippen molar-refractivity contribution in [3.63, 3.8) is 0 Å². The molecule has 0 aliphatic carbocycles. The van der Waals surface area contributed by atoms with E-state index >= 15 is 0 Å². The predicted octanol–water partition coefficient (Wildman–Crippen LogP) is 2.83. The molecule has 2 heterocycles. The van der Waals surface area contributed by atoms with Crippen LogP contribution in [0.4, 0.5) is 11.4 Å². The molecule has 1 aromatic carbocycles. The summed E-state index contributed by atoms with van der Waals surface area (Å²) in [5, 5.41) is 2.75. The van der Waals surface area contributed by atoms with Gasteiger partial charge in [0.15, 0.2) is 6.61 Å². The Morgan fingerprint density at radius 2 is 1.79 bits per heavy atom. The number of ether oxygens (including phenoxy) is 1. The number of hydrogen-bond donors (Lipinski definition) is 1. The van der Waals surface area contributed by atoms with Crippen molar-refractivity contribution >= 4 is 23.3 Å². The monoisotopic (exact) mass is 385 g/mol. The fourth-order valence-corrected chi connectivity index (χ4v) is 3.32. The third kappa shape index (κ3) is 4.92. The highest BCUT2D eigenvalue weighted by Gasteiger charge is 2.17. The second kappa shape index (κ2) is 8.93. The lowest BCUT2D eigenvalue weighted by atomic mass is 10.2. The van der Waals surface area contributed by atoms with E-state index in [-0.39, 0.29) is 12.5 Å². The first-order valence-corrected chi connectivity index (χ1v) is 9.57. The normalized spacial score (nSPS) is 14.8. The largest absolute Gasteiger partial charge is 0.466 e. The molecule has 0 spiro atoms. The molecule has 7 heteroatoms. The second-order valence-corrected chi connectivity index (χ2v) is 6.92. The molecule has 1 N–H and O–H groups in total. The average Bonchev–Trinajstić information content (AvgIpc) is 3.05. The summed E-state index contributed by atoms with van der Waals surface area (Å²) in [7, 11) is 0. The van der Waals surface area contributed by atoms with Gasteiger partial charge in [-0.2, -0.15) is 0 Å². The van der Waals surface area contributed by atoms with Crippen LogP contribution in [-0.2, 0) is 9.53 Å².